The first-order valence-corrected chi connectivity index (χ1v) is 8.68. The lowest BCUT2D eigenvalue weighted by atomic mass is 10.1. The fourth-order valence-corrected chi connectivity index (χ4v) is 4.25. The molecule has 2 aromatic heterocycles. The zero-order valence-corrected chi connectivity index (χ0v) is 14.2. The summed E-state index contributed by atoms with van der Waals surface area (Å²) in [7, 11) is 4.29. The molecule has 6 heteroatoms. The molecule has 0 saturated carbocycles. The third kappa shape index (κ3) is 2.67. The van der Waals surface area contributed by atoms with Crippen molar-refractivity contribution in [3.8, 4) is 5.75 Å². The van der Waals surface area contributed by atoms with E-state index in [1.807, 2.05) is 18.3 Å². The molecule has 0 bridgehead atoms. The number of likely N-dealkylation sites (N-methyl/N-ethyl adjacent to an activating group) is 1. The highest BCUT2D eigenvalue weighted by Crippen LogP contribution is 2.33. The van der Waals surface area contributed by atoms with Crippen molar-refractivity contribution in [1.82, 2.24) is 19.8 Å². The summed E-state index contributed by atoms with van der Waals surface area (Å²) in [6.07, 6.45) is 3.02. The smallest absolute Gasteiger partial charge is 0.144 e. The van der Waals surface area contributed by atoms with E-state index in [1.165, 1.54) is 6.42 Å². The molecule has 1 N–H and O–H groups in total. The average Bonchev–Trinajstić information content (AvgIpc) is 3.14. The number of rotatable bonds is 3. The van der Waals surface area contributed by atoms with Gasteiger partial charge in [-0.1, -0.05) is 23.5 Å². The molecule has 1 aliphatic rings. The first-order chi connectivity index (χ1) is 11.1. The van der Waals surface area contributed by atoms with Crippen LogP contribution in [-0.2, 0) is 6.54 Å². The van der Waals surface area contributed by atoms with Gasteiger partial charge in [0.25, 0.3) is 0 Å². The Labute approximate surface area is 139 Å². The number of hydrogen-bond donors (Lipinski definition) is 1. The summed E-state index contributed by atoms with van der Waals surface area (Å²) in [4.78, 5) is 14.9. The van der Waals surface area contributed by atoms with Crippen LogP contribution in [0.4, 0.5) is 0 Å². The number of likely N-dealkylation sites (tertiary alicyclic amines) is 1. The Morgan fingerprint density at radius 3 is 3.04 bits per heavy atom. The number of phenols is 1. The Morgan fingerprint density at radius 2 is 2.26 bits per heavy atom. The van der Waals surface area contributed by atoms with Gasteiger partial charge in [-0.2, -0.15) is 0 Å². The van der Waals surface area contributed by atoms with Gasteiger partial charge < -0.3 is 10.0 Å². The summed E-state index contributed by atoms with van der Waals surface area (Å²) >= 11 is 1.63. The number of nitrogens with zero attached hydrogens (tertiary/aromatic N) is 4. The number of hydrogen-bond acceptors (Lipinski definition) is 6. The van der Waals surface area contributed by atoms with Crippen molar-refractivity contribution in [3.63, 3.8) is 0 Å². The predicted octanol–water partition coefficient (Wildman–Crippen LogP) is 2.69. The molecule has 1 aromatic carbocycles. The Hall–Kier alpha value is -1.76. The van der Waals surface area contributed by atoms with Crippen molar-refractivity contribution in [3.05, 3.63) is 29.4 Å². The van der Waals surface area contributed by atoms with Gasteiger partial charge in [0.15, 0.2) is 0 Å². The minimum Gasteiger partial charge on any atom is -0.507 e. The van der Waals surface area contributed by atoms with Gasteiger partial charge >= 0.3 is 0 Å². The van der Waals surface area contributed by atoms with Crippen LogP contribution in [0.25, 0.3) is 21.1 Å². The Morgan fingerprint density at radius 1 is 1.39 bits per heavy atom. The Balaban J connectivity index is 1.66. The number of aromatic nitrogens is 2. The molecule has 120 valence electrons. The monoisotopic (exact) mass is 328 g/mol. The first-order valence-electron chi connectivity index (χ1n) is 7.86. The summed E-state index contributed by atoms with van der Waals surface area (Å²) in [5.41, 5.74) is 0.823. The van der Waals surface area contributed by atoms with Gasteiger partial charge in [0, 0.05) is 30.7 Å². The normalized spacial score (nSPS) is 19.3. The van der Waals surface area contributed by atoms with Crippen LogP contribution in [-0.4, -0.2) is 58.1 Å². The third-order valence-electron chi connectivity index (χ3n) is 4.62. The van der Waals surface area contributed by atoms with E-state index in [0.29, 0.717) is 6.04 Å². The Kier molecular flexibility index (Phi) is 3.67. The van der Waals surface area contributed by atoms with E-state index in [-0.39, 0.29) is 5.75 Å². The van der Waals surface area contributed by atoms with Gasteiger partial charge in [0.05, 0.1) is 11.9 Å². The highest BCUT2D eigenvalue weighted by atomic mass is 32.1. The average molecular weight is 328 g/mol. The van der Waals surface area contributed by atoms with Crippen LogP contribution in [0.2, 0.25) is 0 Å². The third-order valence-corrected chi connectivity index (χ3v) is 5.57. The number of thiazole rings is 1. The van der Waals surface area contributed by atoms with Crippen molar-refractivity contribution >= 4 is 32.5 Å². The fraction of sp³-hybridized carbons (Fsp3) is 0.412. The Bertz CT molecular complexity index is 860. The van der Waals surface area contributed by atoms with E-state index >= 15 is 0 Å². The van der Waals surface area contributed by atoms with Crippen LogP contribution < -0.4 is 0 Å². The molecule has 0 spiro atoms. The molecule has 1 atom stereocenters. The second kappa shape index (κ2) is 5.70. The highest BCUT2D eigenvalue weighted by molar-refractivity contribution is 7.18. The largest absolute Gasteiger partial charge is 0.507 e. The van der Waals surface area contributed by atoms with Crippen LogP contribution in [0.5, 0.6) is 5.75 Å². The molecule has 23 heavy (non-hydrogen) atoms. The SMILES string of the molecule is CN(C)[C@@H]1CCN(Cc2nc3c(ncc4cccc(O)c43)s2)C1. The molecule has 0 aliphatic carbocycles. The maximum atomic E-state index is 10.2. The van der Waals surface area contributed by atoms with E-state index < -0.39 is 0 Å². The molecule has 1 saturated heterocycles. The lowest BCUT2D eigenvalue weighted by molar-refractivity contribution is 0.264. The molecular formula is C17H20N4OS. The summed E-state index contributed by atoms with van der Waals surface area (Å²) < 4.78 is 0. The minimum atomic E-state index is 0.278. The predicted molar refractivity (Wildman–Crippen MR) is 94.0 cm³/mol. The standard InChI is InChI=1S/C17H20N4OS/c1-20(2)12-6-7-21(9-12)10-14-19-16-15-11(4-3-5-13(15)22)8-18-17(16)23-14/h3-5,8,12,22H,6-7,9-10H2,1-2H3/t12-/m1/s1. The molecule has 3 aromatic rings. The summed E-state index contributed by atoms with van der Waals surface area (Å²) in [6, 6.07) is 6.14. The number of phenolic OH excluding ortho intramolecular Hbond substituents is 1. The maximum Gasteiger partial charge on any atom is 0.144 e. The van der Waals surface area contributed by atoms with E-state index in [9.17, 15) is 5.11 Å². The first kappa shape index (κ1) is 14.8. The van der Waals surface area contributed by atoms with Gasteiger partial charge in [-0.3, -0.25) is 4.90 Å². The lowest BCUT2D eigenvalue weighted by Gasteiger charge is -2.19. The van der Waals surface area contributed by atoms with Gasteiger partial charge in [-0.15, -0.1) is 0 Å². The molecule has 0 unspecified atom stereocenters. The second-order valence-electron chi connectivity index (χ2n) is 6.40. The molecule has 4 rings (SSSR count). The van der Waals surface area contributed by atoms with Crippen LogP contribution in [0.1, 0.15) is 11.4 Å². The summed E-state index contributed by atoms with van der Waals surface area (Å²) in [5.74, 6) is 0.278. The van der Waals surface area contributed by atoms with E-state index in [2.05, 4.69) is 28.9 Å². The number of pyridine rings is 1. The van der Waals surface area contributed by atoms with Crippen molar-refractivity contribution in [2.24, 2.45) is 0 Å². The molecule has 5 nitrogen and oxygen atoms in total. The number of benzene rings is 1. The molecular weight excluding hydrogens is 308 g/mol. The number of fused-ring (bicyclic) bond motifs is 3. The van der Waals surface area contributed by atoms with Crippen molar-refractivity contribution in [1.29, 1.82) is 0 Å². The summed E-state index contributed by atoms with van der Waals surface area (Å²) in [6.45, 7) is 3.06. The fourth-order valence-electron chi connectivity index (χ4n) is 3.29. The molecule has 0 radical (unpaired) electrons. The summed E-state index contributed by atoms with van der Waals surface area (Å²) in [5, 5.41) is 13.0. The van der Waals surface area contributed by atoms with Gasteiger partial charge in [-0.05, 0) is 26.6 Å². The zero-order chi connectivity index (χ0) is 16.0. The highest BCUT2D eigenvalue weighted by Gasteiger charge is 2.24. The molecule has 1 fully saturated rings. The van der Waals surface area contributed by atoms with Gasteiger partial charge in [0.2, 0.25) is 0 Å². The van der Waals surface area contributed by atoms with Crippen LogP contribution >= 0.6 is 11.3 Å². The topological polar surface area (TPSA) is 52.5 Å². The molecule has 0 amide bonds. The zero-order valence-electron chi connectivity index (χ0n) is 13.4. The minimum absolute atomic E-state index is 0.278. The van der Waals surface area contributed by atoms with Crippen molar-refractivity contribution < 1.29 is 5.11 Å². The quantitative estimate of drug-likeness (QED) is 0.801. The maximum absolute atomic E-state index is 10.2. The molecule has 1 aliphatic heterocycles. The lowest BCUT2D eigenvalue weighted by Crippen LogP contribution is -2.31. The van der Waals surface area contributed by atoms with Crippen LogP contribution in [0.15, 0.2) is 24.4 Å². The van der Waals surface area contributed by atoms with E-state index in [4.69, 9.17) is 4.98 Å². The van der Waals surface area contributed by atoms with Gasteiger partial charge in [-0.25, -0.2) is 9.97 Å². The van der Waals surface area contributed by atoms with Crippen LogP contribution in [0, 0.1) is 0 Å². The number of aromatic hydroxyl groups is 1. The van der Waals surface area contributed by atoms with E-state index in [0.717, 1.165) is 45.8 Å². The van der Waals surface area contributed by atoms with Crippen molar-refractivity contribution in [2.75, 3.05) is 27.2 Å². The van der Waals surface area contributed by atoms with Crippen LogP contribution in [0.3, 0.4) is 0 Å². The van der Waals surface area contributed by atoms with E-state index in [1.54, 1.807) is 17.4 Å². The van der Waals surface area contributed by atoms with Gasteiger partial charge in [0.1, 0.15) is 21.1 Å². The molecule has 3 heterocycles. The van der Waals surface area contributed by atoms with Crippen molar-refractivity contribution in [2.45, 2.75) is 19.0 Å². The second-order valence-corrected chi connectivity index (χ2v) is 7.46.